The summed E-state index contributed by atoms with van der Waals surface area (Å²) in [5.74, 6) is -0.538. The molecule has 0 aromatic carbocycles. The minimum Gasteiger partial charge on any atom is -0.463 e. The number of hydrogen-bond donors (Lipinski definition) is 1. The van der Waals surface area contributed by atoms with E-state index in [1.807, 2.05) is 0 Å². The van der Waals surface area contributed by atoms with Crippen LogP contribution in [0.25, 0.3) is 0 Å². The largest absolute Gasteiger partial charge is 0.463 e. The van der Waals surface area contributed by atoms with Crippen LogP contribution in [0.2, 0.25) is 0 Å². The molecule has 0 fully saturated rings. The average molecular weight is 233 g/mol. The van der Waals surface area contributed by atoms with E-state index in [0.717, 1.165) is 6.42 Å². The lowest BCUT2D eigenvalue weighted by molar-refractivity contribution is -0.150. The molecule has 0 spiro atoms. The molecule has 0 bridgehead atoms. The van der Waals surface area contributed by atoms with E-state index >= 15 is 0 Å². The van der Waals surface area contributed by atoms with Gasteiger partial charge in [-0.05, 0) is 13.3 Å². The predicted molar refractivity (Wildman–Crippen MR) is 61.1 cm³/mol. The molecule has 0 aromatic heterocycles. The van der Waals surface area contributed by atoms with Crippen molar-refractivity contribution in [2.24, 2.45) is 11.7 Å². The first kappa shape index (κ1) is 15.3. The third-order valence-corrected chi connectivity index (χ3v) is 2.27. The van der Waals surface area contributed by atoms with Gasteiger partial charge in [-0.25, -0.2) is 0 Å². The first-order chi connectivity index (χ1) is 7.59. The monoisotopic (exact) mass is 233 g/mol. The number of nitrogens with two attached hydrogens (primary N) is 1. The molecule has 0 rings (SSSR count). The molecular formula is C11H23NO4. The Morgan fingerprint density at radius 1 is 1.19 bits per heavy atom. The summed E-state index contributed by atoms with van der Waals surface area (Å²) in [6.45, 7) is 5.54. The second-order valence-corrected chi connectivity index (χ2v) is 3.77. The fraction of sp³-hybridized carbons (Fsp3) is 0.909. The number of esters is 1. The van der Waals surface area contributed by atoms with E-state index in [4.69, 9.17) is 19.9 Å². The minimum absolute atomic E-state index is 0.185. The first-order valence-electron chi connectivity index (χ1n) is 5.58. The van der Waals surface area contributed by atoms with Crippen LogP contribution >= 0.6 is 0 Å². The molecule has 0 saturated heterocycles. The Morgan fingerprint density at radius 3 is 2.44 bits per heavy atom. The summed E-state index contributed by atoms with van der Waals surface area (Å²) in [6, 6.07) is -0.185. The Hall–Kier alpha value is -0.650. The predicted octanol–water partition coefficient (Wildman–Crippen LogP) is 0.566. The van der Waals surface area contributed by atoms with Crippen LogP contribution in [0, 0.1) is 5.92 Å². The van der Waals surface area contributed by atoms with Gasteiger partial charge in [0.05, 0.1) is 12.5 Å². The van der Waals surface area contributed by atoms with Crippen molar-refractivity contribution in [3.05, 3.63) is 0 Å². The van der Waals surface area contributed by atoms with Crippen LogP contribution in [-0.2, 0) is 19.0 Å². The third-order valence-electron chi connectivity index (χ3n) is 2.27. The molecule has 0 amide bonds. The summed E-state index contributed by atoms with van der Waals surface area (Å²) in [5, 5.41) is 0. The topological polar surface area (TPSA) is 70.8 Å². The summed E-state index contributed by atoms with van der Waals surface area (Å²) < 4.78 is 15.1. The van der Waals surface area contributed by atoms with E-state index < -0.39 is 0 Å². The van der Waals surface area contributed by atoms with Gasteiger partial charge in [0.1, 0.15) is 6.61 Å². The Bertz CT molecular complexity index is 185. The zero-order valence-corrected chi connectivity index (χ0v) is 10.4. The molecule has 0 saturated carbocycles. The SMILES string of the molecule is COCCCOCCOC(=O)C(C)C(C)N. The van der Waals surface area contributed by atoms with E-state index in [1.54, 1.807) is 21.0 Å². The minimum atomic E-state index is -0.270. The van der Waals surface area contributed by atoms with Crippen molar-refractivity contribution in [2.45, 2.75) is 26.3 Å². The lowest BCUT2D eigenvalue weighted by Crippen LogP contribution is -2.32. The number of rotatable bonds is 9. The van der Waals surface area contributed by atoms with Gasteiger partial charge in [0.15, 0.2) is 0 Å². The zero-order valence-electron chi connectivity index (χ0n) is 10.4. The van der Waals surface area contributed by atoms with Crippen LogP contribution < -0.4 is 5.73 Å². The summed E-state index contributed by atoms with van der Waals surface area (Å²) in [7, 11) is 1.65. The van der Waals surface area contributed by atoms with Crippen LogP contribution in [0.5, 0.6) is 0 Å². The Balaban J connectivity index is 3.34. The van der Waals surface area contributed by atoms with Crippen LogP contribution in [0.3, 0.4) is 0 Å². The van der Waals surface area contributed by atoms with Gasteiger partial charge in [-0.1, -0.05) is 6.92 Å². The maximum absolute atomic E-state index is 11.3. The van der Waals surface area contributed by atoms with Crippen LogP contribution in [0.15, 0.2) is 0 Å². The highest BCUT2D eigenvalue weighted by Crippen LogP contribution is 2.02. The number of methoxy groups -OCH3 is 1. The first-order valence-corrected chi connectivity index (χ1v) is 5.58. The van der Waals surface area contributed by atoms with Gasteiger partial charge in [0.25, 0.3) is 0 Å². The van der Waals surface area contributed by atoms with Crippen molar-refractivity contribution in [1.82, 2.24) is 0 Å². The molecule has 2 atom stereocenters. The fourth-order valence-electron chi connectivity index (χ4n) is 0.955. The van der Waals surface area contributed by atoms with Crippen molar-refractivity contribution >= 4 is 5.97 Å². The standard InChI is InChI=1S/C11H23NO4/c1-9(10(2)12)11(13)16-8-7-15-6-4-5-14-3/h9-10H,4-8,12H2,1-3H3. The van der Waals surface area contributed by atoms with Gasteiger partial charge in [-0.15, -0.1) is 0 Å². The summed E-state index contributed by atoms with van der Waals surface area (Å²) >= 11 is 0. The van der Waals surface area contributed by atoms with Crippen molar-refractivity contribution < 1.29 is 19.0 Å². The molecule has 0 aliphatic heterocycles. The molecule has 5 heteroatoms. The maximum atomic E-state index is 11.3. The smallest absolute Gasteiger partial charge is 0.310 e. The van der Waals surface area contributed by atoms with E-state index in [2.05, 4.69) is 0 Å². The van der Waals surface area contributed by atoms with E-state index in [-0.39, 0.29) is 24.5 Å². The summed E-state index contributed by atoms with van der Waals surface area (Å²) in [5.41, 5.74) is 5.58. The Labute approximate surface area is 97.2 Å². The van der Waals surface area contributed by atoms with Gasteiger partial charge in [-0.3, -0.25) is 4.79 Å². The summed E-state index contributed by atoms with van der Waals surface area (Å²) in [4.78, 5) is 11.3. The molecule has 0 aromatic rings. The second kappa shape index (κ2) is 9.57. The second-order valence-electron chi connectivity index (χ2n) is 3.77. The van der Waals surface area contributed by atoms with E-state index in [0.29, 0.717) is 19.8 Å². The maximum Gasteiger partial charge on any atom is 0.310 e. The van der Waals surface area contributed by atoms with Crippen molar-refractivity contribution in [3.63, 3.8) is 0 Å². The Kier molecular flexibility index (Phi) is 9.18. The number of carbonyl (C=O) groups excluding carboxylic acids is 1. The van der Waals surface area contributed by atoms with Crippen LogP contribution in [-0.4, -0.2) is 45.5 Å². The molecule has 0 radical (unpaired) electrons. The fourth-order valence-corrected chi connectivity index (χ4v) is 0.955. The molecular weight excluding hydrogens is 210 g/mol. The molecule has 0 aliphatic rings. The lowest BCUT2D eigenvalue weighted by Gasteiger charge is -2.14. The zero-order chi connectivity index (χ0) is 12.4. The molecule has 16 heavy (non-hydrogen) atoms. The normalized spacial score (nSPS) is 14.5. The molecule has 2 N–H and O–H groups in total. The van der Waals surface area contributed by atoms with Crippen molar-refractivity contribution in [1.29, 1.82) is 0 Å². The van der Waals surface area contributed by atoms with E-state index in [1.165, 1.54) is 0 Å². The summed E-state index contributed by atoms with van der Waals surface area (Å²) in [6.07, 6.45) is 0.848. The average Bonchev–Trinajstić information content (AvgIpc) is 2.26. The molecule has 96 valence electrons. The van der Waals surface area contributed by atoms with Gasteiger partial charge in [0, 0.05) is 26.4 Å². The molecule has 0 heterocycles. The van der Waals surface area contributed by atoms with Gasteiger partial charge >= 0.3 is 5.97 Å². The third kappa shape index (κ3) is 7.62. The quantitative estimate of drug-likeness (QED) is 0.465. The number of carbonyl (C=O) groups is 1. The Morgan fingerprint density at radius 2 is 1.88 bits per heavy atom. The molecule has 5 nitrogen and oxygen atoms in total. The molecule has 0 aliphatic carbocycles. The molecule has 2 unspecified atom stereocenters. The number of hydrogen-bond acceptors (Lipinski definition) is 5. The number of ether oxygens (including phenoxy) is 3. The lowest BCUT2D eigenvalue weighted by atomic mass is 10.1. The highest BCUT2D eigenvalue weighted by molar-refractivity contribution is 5.72. The van der Waals surface area contributed by atoms with Crippen molar-refractivity contribution in [2.75, 3.05) is 33.5 Å². The van der Waals surface area contributed by atoms with Crippen molar-refractivity contribution in [3.8, 4) is 0 Å². The highest BCUT2D eigenvalue weighted by atomic mass is 16.6. The van der Waals surface area contributed by atoms with Gasteiger partial charge in [0.2, 0.25) is 0 Å². The van der Waals surface area contributed by atoms with Crippen LogP contribution in [0.1, 0.15) is 20.3 Å². The van der Waals surface area contributed by atoms with Gasteiger partial charge in [-0.2, -0.15) is 0 Å². The van der Waals surface area contributed by atoms with Crippen LogP contribution in [0.4, 0.5) is 0 Å². The van der Waals surface area contributed by atoms with Gasteiger partial charge < -0.3 is 19.9 Å². The van der Waals surface area contributed by atoms with E-state index in [9.17, 15) is 4.79 Å². The highest BCUT2D eigenvalue weighted by Gasteiger charge is 2.17.